The number of hydrogen-bond acceptors (Lipinski definition) is 1. The average Bonchev–Trinajstić information content (AvgIpc) is 2.27. The molecule has 0 radical (unpaired) electrons. The number of carbonyl (C=O) groups excluding carboxylic acids is 1. The van der Waals surface area contributed by atoms with Gasteiger partial charge in [-0.25, -0.2) is 4.79 Å². The van der Waals surface area contributed by atoms with Gasteiger partial charge in [0.1, 0.15) is 0 Å². The van der Waals surface area contributed by atoms with Crippen LogP contribution in [0.2, 0.25) is 0 Å². The minimum atomic E-state index is -4.43. The summed E-state index contributed by atoms with van der Waals surface area (Å²) in [5, 5.41) is 4.60. The van der Waals surface area contributed by atoms with Gasteiger partial charge >= 0.3 is 12.2 Å². The number of benzene rings is 1. The minimum Gasteiger partial charge on any atom is -0.341 e. The van der Waals surface area contributed by atoms with Gasteiger partial charge in [0.2, 0.25) is 0 Å². The van der Waals surface area contributed by atoms with Crippen molar-refractivity contribution in [1.29, 1.82) is 0 Å². The van der Waals surface area contributed by atoms with E-state index in [4.69, 9.17) is 0 Å². The average molecular weight is 260 g/mol. The normalized spacial score (nSPS) is 11.5. The highest BCUT2D eigenvalue weighted by Gasteiger charge is 2.34. The van der Waals surface area contributed by atoms with Crippen molar-refractivity contribution in [2.24, 2.45) is 0 Å². The van der Waals surface area contributed by atoms with Crippen LogP contribution >= 0.6 is 0 Å². The fourth-order valence-electron chi connectivity index (χ4n) is 1.58. The number of anilines is 1. The largest absolute Gasteiger partial charge is 0.416 e. The molecule has 100 valence electrons. The Kier molecular flexibility index (Phi) is 4.21. The van der Waals surface area contributed by atoms with E-state index in [0.29, 0.717) is 0 Å². The number of amides is 2. The fraction of sp³-hybridized carbons (Fsp3) is 0.417. The SMILES string of the molecule is CNC(=O)Nc1ccc(C(C)C)c(C(F)(F)F)c1. The summed E-state index contributed by atoms with van der Waals surface area (Å²) in [4.78, 5) is 11.1. The number of rotatable bonds is 2. The van der Waals surface area contributed by atoms with Gasteiger partial charge in [-0.1, -0.05) is 19.9 Å². The van der Waals surface area contributed by atoms with E-state index in [-0.39, 0.29) is 17.2 Å². The van der Waals surface area contributed by atoms with E-state index >= 15 is 0 Å². The van der Waals surface area contributed by atoms with Gasteiger partial charge in [0.15, 0.2) is 0 Å². The van der Waals surface area contributed by atoms with E-state index in [9.17, 15) is 18.0 Å². The second kappa shape index (κ2) is 5.29. The predicted octanol–water partition coefficient (Wildman–Crippen LogP) is 3.58. The van der Waals surface area contributed by atoms with Gasteiger partial charge < -0.3 is 10.6 Å². The molecule has 0 saturated heterocycles. The van der Waals surface area contributed by atoms with Crippen LogP contribution in [-0.2, 0) is 6.18 Å². The molecule has 0 aliphatic rings. The molecule has 0 bridgehead atoms. The zero-order valence-electron chi connectivity index (χ0n) is 10.4. The maximum atomic E-state index is 12.9. The summed E-state index contributed by atoms with van der Waals surface area (Å²) in [7, 11) is 1.39. The van der Waals surface area contributed by atoms with Gasteiger partial charge in [-0.15, -0.1) is 0 Å². The van der Waals surface area contributed by atoms with Crippen LogP contribution in [0.3, 0.4) is 0 Å². The standard InChI is InChI=1S/C12H15F3N2O/c1-7(2)9-5-4-8(17-11(18)16-3)6-10(9)12(13,14)15/h4-7H,1-3H3,(H2,16,17,18). The fourth-order valence-corrected chi connectivity index (χ4v) is 1.58. The monoisotopic (exact) mass is 260 g/mol. The predicted molar refractivity (Wildman–Crippen MR) is 63.6 cm³/mol. The Morgan fingerprint density at radius 2 is 1.89 bits per heavy atom. The number of alkyl halides is 3. The molecule has 0 heterocycles. The van der Waals surface area contributed by atoms with E-state index in [1.165, 1.54) is 19.2 Å². The summed E-state index contributed by atoms with van der Waals surface area (Å²) >= 11 is 0. The Bertz CT molecular complexity index is 441. The Morgan fingerprint density at radius 1 is 1.28 bits per heavy atom. The summed E-state index contributed by atoms with van der Waals surface area (Å²) < 4.78 is 38.6. The number of nitrogens with one attached hydrogen (secondary N) is 2. The molecule has 1 aromatic rings. The number of halogens is 3. The lowest BCUT2D eigenvalue weighted by molar-refractivity contribution is -0.138. The maximum absolute atomic E-state index is 12.9. The molecule has 1 rings (SSSR count). The molecule has 0 spiro atoms. The smallest absolute Gasteiger partial charge is 0.341 e. The molecule has 0 aliphatic heterocycles. The summed E-state index contributed by atoms with van der Waals surface area (Å²) in [6.45, 7) is 3.38. The highest BCUT2D eigenvalue weighted by atomic mass is 19.4. The lowest BCUT2D eigenvalue weighted by atomic mass is 9.96. The molecule has 3 nitrogen and oxygen atoms in total. The Hall–Kier alpha value is -1.72. The van der Waals surface area contributed by atoms with Crippen LogP contribution in [0.25, 0.3) is 0 Å². The molecule has 0 aromatic heterocycles. The first-order valence-electron chi connectivity index (χ1n) is 5.45. The van der Waals surface area contributed by atoms with Crippen molar-refractivity contribution in [2.75, 3.05) is 12.4 Å². The van der Waals surface area contributed by atoms with Crippen molar-refractivity contribution in [3.63, 3.8) is 0 Å². The van der Waals surface area contributed by atoms with Crippen LogP contribution < -0.4 is 10.6 Å². The number of carbonyl (C=O) groups is 1. The first-order valence-corrected chi connectivity index (χ1v) is 5.45. The molecular weight excluding hydrogens is 245 g/mol. The lowest BCUT2D eigenvalue weighted by Crippen LogP contribution is -2.24. The molecule has 0 unspecified atom stereocenters. The van der Waals surface area contributed by atoms with E-state index < -0.39 is 17.8 Å². The summed E-state index contributed by atoms with van der Waals surface area (Å²) in [6, 6.07) is 3.24. The highest BCUT2D eigenvalue weighted by Crippen LogP contribution is 2.36. The zero-order chi connectivity index (χ0) is 13.9. The molecule has 0 atom stereocenters. The molecule has 18 heavy (non-hydrogen) atoms. The molecular formula is C12H15F3N2O. The summed E-state index contributed by atoms with van der Waals surface area (Å²) in [6.07, 6.45) is -4.43. The first kappa shape index (κ1) is 14.3. The highest BCUT2D eigenvalue weighted by molar-refractivity contribution is 5.89. The van der Waals surface area contributed by atoms with Crippen molar-refractivity contribution in [2.45, 2.75) is 25.9 Å². The molecule has 1 aromatic carbocycles. The number of urea groups is 1. The van der Waals surface area contributed by atoms with Gasteiger partial charge in [0.05, 0.1) is 5.56 Å². The van der Waals surface area contributed by atoms with E-state index in [2.05, 4.69) is 10.6 Å². The second-order valence-corrected chi connectivity index (χ2v) is 4.16. The minimum absolute atomic E-state index is 0.117. The molecule has 6 heteroatoms. The Labute approximate surface area is 103 Å². The molecule has 0 aliphatic carbocycles. The van der Waals surface area contributed by atoms with Crippen molar-refractivity contribution in [3.05, 3.63) is 29.3 Å². The molecule has 0 saturated carbocycles. The van der Waals surface area contributed by atoms with Crippen molar-refractivity contribution in [1.82, 2.24) is 5.32 Å². The third kappa shape index (κ3) is 3.38. The maximum Gasteiger partial charge on any atom is 0.416 e. The van der Waals surface area contributed by atoms with Crippen LogP contribution in [0.15, 0.2) is 18.2 Å². The van der Waals surface area contributed by atoms with Crippen LogP contribution in [0, 0.1) is 0 Å². The van der Waals surface area contributed by atoms with Gasteiger partial charge in [-0.3, -0.25) is 0 Å². The topological polar surface area (TPSA) is 41.1 Å². The van der Waals surface area contributed by atoms with Gasteiger partial charge in [-0.2, -0.15) is 13.2 Å². The van der Waals surface area contributed by atoms with E-state index in [1.54, 1.807) is 13.8 Å². The van der Waals surface area contributed by atoms with Crippen LogP contribution in [0.4, 0.5) is 23.7 Å². The zero-order valence-corrected chi connectivity index (χ0v) is 10.4. The van der Waals surface area contributed by atoms with Crippen molar-refractivity contribution in [3.8, 4) is 0 Å². The van der Waals surface area contributed by atoms with Crippen LogP contribution in [0.5, 0.6) is 0 Å². The number of hydrogen-bond donors (Lipinski definition) is 2. The van der Waals surface area contributed by atoms with Crippen molar-refractivity contribution < 1.29 is 18.0 Å². The second-order valence-electron chi connectivity index (χ2n) is 4.16. The molecule has 0 fully saturated rings. The van der Waals surface area contributed by atoms with E-state index in [0.717, 1.165) is 6.07 Å². The van der Waals surface area contributed by atoms with Crippen LogP contribution in [0.1, 0.15) is 30.9 Å². The molecule has 2 amide bonds. The quantitative estimate of drug-likeness (QED) is 0.838. The summed E-state index contributed by atoms with van der Waals surface area (Å²) in [5.41, 5.74) is -0.387. The third-order valence-electron chi connectivity index (χ3n) is 2.47. The summed E-state index contributed by atoms with van der Waals surface area (Å²) in [5.74, 6) is -0.240. The molecule has 2 N–H and O–H groups in total. The van der Waals surface area contributed by atoms with Crippen LogP contribution in [-0.4, -0.2) is 13.1 Å². The van der Waals surface area contributed by atoms with Gasteiger partial charge in [0.25, 0.3) is 0 Å². The Morgan fingerprint density at radius 3 is 2.33 bits per heavy atom. The van der Waals surface area contributed by atoms with Gasteiger partial charge in [-0.05, 0) is 23.6 Å². The lowest BCUT2D eigenvalue weighted by Gasteiger charge is -2.17. The first-order chi connectivity index (χ1) is 8.25. The van der Waals surface area contributed by atoms with E-state index in [1.807, 2.05) is 0 Å². The van der Waals surface area contributed by atoms with Crippen molar-refractivity contribution >= 4 is 11.7 Å². The van der Waals surface area contributed by atoms with Gasteiger partial charge in [0, 0.05) is 12.7 Å². The third-order valence-corrected chi connectivity index (χ3v) is 2.47. The Balaban J connectivity index is 3.18.